The highest BCUT2D eigenvalue weighted by atomic mass is 32.1. The molecule has 0 unspecified atom stereocenters. The zero-order valence-corrected chi connectivity index (χ0v) is 22.7. The number of esters is 1. The van der Waals surface area contributed by atoms with Gasteiger partial charge < -0.3 is 29.2 Å². The van der Waals surface area contributed by atoms with E-state index in [0.717, 1.165) is 5.56 Å². The van der Waals surface area contributed by atoms with Gasteiger partial charge in [0.2, 0.25) is 12.7 Å². The largest absolute Gasteiger partial charge is 0.497 e. The van der Waals surface area contributed by atoms with Gasteiger partial charge in [0, 0.05) is 12.2 Å². The number of anilines is 2. The molecule has 2 aliphatic heterocycles. The number of carbonyl (C=O) groups excluding carboxylic acids is 3. The van der Waals surface area contributed by atoms with Gasteiger partial charge in [0.1, 0.15) is 11.8 Å². The van der Waals surface area contributed by atoms with Crippen LogP contribution in [0.1, 0.15) is 29.3 Å². The summed E-state index contributed by atoms with van der Waals surface area (Å²) >= 11 is 5.77. The van der Waals surface area contributed by atoms with Crippen molar-refractivity contribution in [2.45, 2.75) is 25.9 Å². The van der Waals surface area contributed by atoms with Gasteiger partial charge in [0.25, 0.3) is 5.91 Å². The summed E-state index contributed by atoms with van der Waals surface area (Å²) in [6.45, 7) is 2.42. The minimum atomic E-state index is -0.848. The van der Waals surface area contributed by atoms with Gasteiger partial charge in [-0.3, -0.25) is 14.5 Å². The van der Waals surface area contributed by atoms with Crippen LogP contribution in [0.3, 0.4) is 0 Å². The summed E-state index contributed by atoms with van der Waals surface area (Å²) in [5, 5.41) is 3.09. The molecule has 10 nitrogen and oxygen atoms in total. The Bertz CT molecular complexity index is 1440. The van der Waals surface area contributed by atoms with Crippen LogP contribution >= 0.6 is 12.2 Å². The third kappa shape index (κ3) is 5.55. The van der Waals surface area contributed by atoms with Crippen molar-refractivity contribution >= 4 is 46.5 Å². The molecule has 0 radical (unpaired) electrons. The fourth-order valence-corrected chi connectivity index (χ4v) is 4.90. The van der Waals surface area contributed by atoms with Crippen molar-refractivity contribution in [3.8, 4) is 17.2 Å². The first-order valence-corrected chi connectivity index (χ1v) is 13.0. The number of fused-ring (bicyclic) bond motifs is 1. The van der Waals surface area contributed by atoms with Crippen molar-refractivity contribution in [1.82, 2.24) is 4.90 Å². The monoisotopic (exact) mass is 561 g/mol. The number of amides is 2. The first-order chi connectivity index (χ1) is 19.4. The lowest BCUT2D eigenvalue weighted by atomic mass is 10.1. The van der Waals surface area contributed by atoms with Gasteiger partial charge in [-0.2, -0.15) is 0 Å². The van der Waals surface area contributed by atoms with Gasteiger partial charge in [-0.25, -0.2) is 4.79 Å². The maximum Gasteiger partial charge on any atom is 0.338 e. The van der Waals surface area contributed by atoms with E-state index in [9.17, 15) is 14.4 Å². The number of hydrogen-bond acceptors (Lipinski definition) is 8. The lowest BCUT2D eigenvalue weighted by Crippen LogP contribution is -2.37. The van der Waals surface area contributed by atoms with Gasteiger partial charge in [-0.05, 0) is 85.4 Å². The minimum Gasteiger partial charge on any atom is -0.497 e. The Balaban J connectivity index is 1.36. The standard InChI is InChI=1S/C29H27N3O7S/c1-3-37-28(35)19-5-7-20(8-6-19)30-26(33)15-23-27(34)32(21-9-11-22(36-2)12-10-21)29(40)31(23)16-18-4-13-24-25(14-18)39-17-38-24/h4-14,23H,3,15-17H2,1-2H3,(H,30,33)/t23-/m1/s1. The number of carbonyl (C=O) groups is 3. The second-order valence-electron chi connectivity index (χ2n) is 9.04. The lowest BCUT2D eigenvalue weighted by molar-refractivity contribution is -0.124. The third-order valence-electron chi connectivity index (χ3n) is 6.50. The van der Waals surface area contributed by atoms with Crippen molar-refractivity contribution in [3.63, 3.8) is 0 Å². The molecule has 0 aliphatic carbocycles. The Kier molecular flexibility index (Phi) is 7.83. The van der Waals surface area contributed by atoms with Crippen LogP contribution in [0.4, 0.5) is 11.4 Å². The third-order valence-corrected chi connectivity index (χ3v) is 6.91. The van der Waals surface area contributed by atoms with Gasteiger partial charge in [0.15, 0.2) is 16.6 Å². The molecule has 0 saturated carbocycles. The Morgan fingerprint density at radius 3 is 2.45 bits per heavy atom. The Morgan fingerprint density at radius 2 is 1.75 bits per heavy atom. The number of thiocarbonyl (C=S) groups is 1. The molecule has 1 fully saturated rings. The van der Waals surface area contributed by atoms with Gasteiger partial charge in [0.05, 0.1) is 31.4 Å². The molecule has 1 atom stereocenters. The van der Waals surface area contributed by atoms with Crippen LogP contribution in [0.15, 0.2) is 66.7 Å². The maximum absolute atomic E-state index is 13.7. The summed E-state index contributed by atoms with van der Waals surface area (Å²) < 4.78 is 21.1. The molecule has 1 saturated heterocycles. The fraction of sp³-hybridized carbons (Fsp3) is 0.241. The Hall–Kier alpha value is -4.64. The lowest BCUT2D eigenvalue weighted by Gasteiger charge is -2.24. The summed E-state index contributed by atoms with van der Waals surface area (Å²) in [4.78, 5) is 41.9. The topological polar surface area (TPSA) is 107 Å². The molecule has 206 valence electrons. The highest BCUT2D eigenvalue weighted by Gasteiger charge is 2.44. The molecular formula is C29H27N3O7S. The zero-order valence-electron chi connectivity index (χ0n) is 21.9. The molecule has 11 heteroatoms. The number of rotatable bonds is 9. The minimum absolute atomic E-state index is 0.143. The van der Waals surface area contributed by atoms with Crippen LogP contribution in [0.25, 0.3) is 0 Å². The Morgan fingerprint density at radius 1 is 1.02 bits per heavy atom. The molecule has 0 bridgehead atoms. The second kappa shape index (κ2) is 11.6. The van der Waals surface area contributed by atoms with Crippen LogP contribution in [-0.2, 0) is 20.9 Å². The van der Waals surface area contributed by atoms with Crippen LogP contribution in [-0.4, -0.2) is 54.3 Å². The average Bonchev–Trinajstić information content (AvgIpc) is 3.51. The van der Waals surface area contributed by atoms with E-state index in [1.165, 1.54) is 4.90 Å². The fourth-order valence-electron chi connectivity index (χ4n) is 4.51. The van der Waals surface area contributed by atoms with Crippen LogP contribution in [0, 0.1) is 0 Å². The zero-order chi connectivity index (χ0) is 28.2. The summed E-state index contributed by atoms with van der Waals surface area (Å²) in [6.07, 6.45) is -0.143. The number of nitrogens with zero attached hydrogens (tertiary/aromatic N) is 2. The average molecular weight is 562 g/mol. The highest BCUT2D eigenvalue weighted by molar-refractivity contribution is 7.80. The first kappa shape index (κ1) is 26.9. The summed E-state index contributed by atoms with van der Waals surface area (Å²) in [5.74, 6) is 0.766. The number of nitrogens with one attached hydrogen (secondary N) is 1. The SMILES string of the molecule is CCOC(=O)c1ccc(NC(=O)C[C@@H]2C(=O)N(c3ccc(OC)cc3)C(=S)N2Cc2ccc3c(c2)OCO3)cc1. The molecule has 1 N–H and O–H groups in total. The van der Waals surface area contributed by atoms with Crippen LogP contribution in [0.5, 0.6) is 17.2 Å². The summed E-state index contributed by atoms with van der Waals surface area (Å²) in [7, 11) is 1.56. The highest BCUT2D eigenvalue weighted by Crippen LogP contribution is 2.35. The molecule has 3 aromatic rings. The van der Waals surface area contributed by atoms with E-state index in [1.54, 1.807) is 67.5 Å². The predicted octanol–water partition coefficient (Wildman–Crippen LogP) is 4.13. The maximum atomic E-state index is 13.7. The summed E-state index contributed by atoms with van der Waals surface area (Å²) in [5.41, 5.74) is 2.28. The van der Waals surface area contributed by atoms with Crippen molar-refractivity contribution in [2.75, 3.05) is 30.7 Å². The van der Waals surface area contributed by atoms with E-state index < -0.39 is 12.0 Å². The van der Waals surface area contributed by atoms with E-state index in [4.69, 9.17) is 31.2 Å². The van der Waals surface area contributed by atoms with Gasteiger partial charge in [-0.15, -0.1) is 0 Å². The molecule has 3 aromatic carbocycles. The van der Waals surface area contributed by atoms with Gasteiger partial charge in [-0.1, -0.05) is 6.07 Å². The molecule has 40 heavy (non-hydrogen) atoms. The van der Waals surface area contributed by atoms with E-state index in [0.29, 0.717) is 34.2 Å². The Labute approximate surface area is 236 Å². The molecule has 2 aliphatic rings. The molecule has 5 rings (SSSR count). The van der Waals surface area contributed by atoms with Crippen molar-refractivity contribution in [1.29, 1.82) is 0 Å². The van der Waals surface area contributed by atoms with E-state index >= 15 is 0 Å². The number of benzene rings is 3. The normalized spacial score (nSPS) is 15.8. The quantitative estimate of drug-likeness (QED) is 0.305. The van der Waals surface area contributed by atoms with E-state index in [1.807, 2.05) is 18.2 Å². The van der Waals surface area contributed by atoms with Crippen molar-refractivity contribution in [2.24, 2.45) is 0 Å². The number of methoxy groups -OCH3 is 1. The summed E-state index contributed by atoms with van der Waals surface area (Å²) in [6, 6.07) is 18.0. The van der Waals surface area contributed by atoms with Crippen molar-refractivity contribution < 1.29 is 33.3 Å². The number of hydrogen-bond donors (Lipinski definition) is 1. The molecular weight excluding hydrogens is 534 g/mol. The van der Waals surface area contributed by atoms with E-state index in [2.05, 4.69) is 5.32 Å². The van der Waals surface area contributed by atoms with Gasteiger partial charge >= 0.3 is 5.97 Å². The van der Waals surface area contributed by atoms with Crippen LogP contribution in [0.2, 0.25) is 0 Å². The smallest absolute Gasteiger partial charge is 0.338 e. The predicted molar refractivity (Wildman–Crippen MR) is 151 cm³/mol. The number of ether oxygens (including phenoxy) is 4. The van der Waals surface area contributed by atoms with Crippen LogP contribution < -0.4 is 24.4 Å². The van der Waals surface area contributed by atoms with Crippen molar-refractivity contribution in [3.05, 3.63) is 77.9 Å². The molecule has 2 heterocycles. The molecule has 0 aromatic heterocycles. The van der Waals surface area contributed by atoms with E-state index in [-0.39, 0.29) is 43.3 Å². The molecule has 0 spiro atoms. The second-order valence-corrected chi connectivity index (χ2v) is 9.40. The first-order valence-electron chi connectivity index (χ1n) is 12.6. The molecule has 2 amide bonds.